The molecule has 1 aliphatic rings. The Labute approximate surface area is 136 Å². The zero-order valence-corrected chi connectivity index (χ0v) is 13.0. The largest absolute Gasteiger partial charge is 0.328 e. The van der Waals surface area contributed by atoms with Crippen molar-refractivity contribution in [3.8, 4) is 5.69 Å². The Kier molecular flexibility index (Phi) is 4.12. The van der Waals surface area contributed by atoms with E-state index in [2.05, 4.69) is 15.4 Å². The molecule has 3 rings (SSSR count). The number of aryl methyl sites for hydroxylation is 1. The summed E-state index contributed by atoms with van der Waals surface area (Å²) in [6.07, 6.45) is 4.86. The third-order valence-corrected chi connectivity index (χ3v) is 3.47. The van der Waals surface area contributed by atoms with Crippen LogP contribution in [-0.4, -0.2) is 33.6 Å². The van der Waals surface area contributed by atoms with E-state index in [9.17, 15) is 9.18 Å². The molecule has 2 amide bonds. The van der Waals surface area contributed by atoms with E-state index in [0.717, 1.165) is 0 Å². The molecule has 6 nitrogen and oxygen atoms in total. The molecule has 0 saturated heterocycles. The summed E-state index contributed by atoms with van der Waals surface area (Å²) in [5.74, 6) is -0.207. The molecule has 0 saturated carbocycles. The molecule has 0 spiro atoms. The number of benzene rings is 1. The topological polar surface area (TPSA) is 62.5 Å². The summed E-state index contributed by atoms with van der Waals surface area (Å²) in [6, 6.07) is 5.59. The maximum absolute atomic E-state index is 14.1. The van der Waals surface area contributed by atoms with E-state index in [1.54, 1.807) is 37.5 Å². The number of nitrogens with zero attached hydrogens (tertiary/aromatic N) is 4. The summed E-state index contributed by atoms with van der Waals surface area (Å²) in [6.45, 7) is 1.96. The number of anilines is 1. The number of halogens is 2. The molecule has 0 atom stereocenters. The maximum Gasteiger partial charge on any atom is 0.328 e. The van der Waals surface area contributed by atoms with Crippen molar-refractivity contribution in [2.75, 3.05) is 12.0 Å². The molecular weight excluding hydrogens is 321 g/mol. The smallest absolute Gasteiger partial charge is 0.292 e. The van der Waals surface area contributed by atoms with Gasteiger partial charge in [-0.05, 0) is 25.1 Å². The Bertz CT molecular complexity index is 794. The molecule has 0 aliphatic carbocycles. The van der Waals surface area contributed by atoms with Crippen molar-refractivity contribution in [3.63, 3.8) is 0 Å². The molecule has 1 aromatic carbocycles. The first-order chi connectivity index (χ1) is 11.1. The lowest BCUT2D eigenvalue weighted by Crippen LogP contribution is -2.32. The summed E-state index contributed by atoms with van der Waals surface area (Å²) < 4.78 is 15.4. The second-order valence-electron chi connectivity index (χ2n) is 4.87. The van der Waals surface area contributed by atoms with Crippen LogP contribution in [0.1, 0.15) is 5.69 Å². The van der Waals surface area contributed by atoms with Crippen LogP contribution in [0.3, 0.4) is 0 Å². The van der Waals surface area contributed by atoms with Crippen LogP contribution in [-0.2, 0) is 0 Å². The van der Waals surface area contributed by atoms with Crippen molar-refractivity contribution in [3.05, 3.63) is 53.1 Å². The summed E-state index contributed by atoms with van der Waals surface area (Å²) in [7, 11) is 0. The van der Waals surface area contributed by atoms with Crippen molar-refractivity contribution in [2.24, 2.45) is 4.99 Å². The number of rotatable bonds is 2. The van der Waals surface area contributed by atoms with Crippen molar-refractivity contribution in [1.29, 1.82) is 0 Å². The van der Waals surface area contributed by atoms with Gasteiger partial charge < -0.3 is 0 Å². The van der Waals surface area contributed by atoms with E-state index in [0.29, 0.717) is 11.5 Å². The normalized spacial score (nSPS) is 13.4. The van der Waals surface area contributed by atoms with Gasteiger partial charge in [0.25, 0.3) is 0 Å². The van der Waals surface area contributed by atoms with E-state index >= 15 is 0 Å². The van der Waals surface area contributed by atoms with Crippen LogP contribution >= 0.6 is 11.6 Å². The summed E-state index contributed by atoms with van der Waals surface area (Å²) >= 11 is 6.08. The number of aromatic nitrogens is 2. The SMILES string of the molecule is Cc1cc(NC(=O)N2C=CC=NC2)n(-c2c(F)cccc2Cl)n1. The quantitative estimate of drug-likeness (QED) is 0.916. The molecule has 0 bridgehead atoms. The van der Waals surface area contributed by atoms with Crippen molar-refractivity contribution >= 4 is 29.7 Å². The van der Waals surface area contributed by atoms with E-state index < -0.39 is 11.8 Å². The molecule has 2 aromatic rings. The van der Waals surface area contributed by atoms with Crippen molar-refractivity contribution in [2.45, 2.75) is 6.92 Å². The predicted octanol–water partition coefficient (Wildman–Crippen LogP) is 3.36. The fourth-order valence-electron chi connectivity index (χ4n) is 2.15. The van der Waals surface area contributed by atoms with Gasteiger partial charge in [-0.2, -0.15) is 5.10 Å². The van der Waals surface area contributed by atoms with E-state index in [1.165, 1.54) is 21.7 Å². The molecule has 1 aromatic heterocycles. The third-order valence-electron chi connectivity index (χ3n) is 3.17. The van der Waals surface area contributed by atoms with Crippen LogP contribution in [0.15, 0.2) is 41.5 Å². The van der Waals surface area contributed by atoms with Crippen LogP contribution in [0.25, 0.3) is 5.69 Å². The number of allylic oxidation sites excluding steroid dienone is 1. The lowest BCUT2D eigenvalue weighted by molar-refractivity contribution is 0.229. The van der Waals surface area contributed by atoms with Gasteiger partial charge in [-0.15, -0.1) is 0 Å². The number of para-hydroxylation sites is 1. The Balaban J connectivity index is 1.94. The van der Waals surface area contributed by atoms with Gasteiger partial charge in [0.15, 0.2) is 0 Å². The number of hydrogen-bond donors (Lipinski definition) is 1. The number of amides is 2. The molecule has 2 heterocycles. The minimum Gasteiger partial charge on any atom is -0.292 e. The van der Waals surface area contributed by atoms with Crippen LogP contribution in [0.2, 0.25) is 5.02 Å². The molecular formula is C15H13ClFN5O. The maximum atomic E-state index is 14.1. The monoisotopic (exact) mass is 333 g/mol. The Morgan fingerprint density at radius 2 is 2.26 bits per heavy atom. The molecule has 0 radical (unpaired) electrons. The summed E-state index contributed by atoms with van der Waals surface area (Å²) in [5.41, 5.74) is 0.705. The van der Waals surface area contributed by atoms with Gasteiger partial charge in [0, 0.05) is 18.5 Å². The lowest BCUT2D eigenvalue weighted by atomic mass is 10.3. The minimum absolute atomic E-state index is 0.0878. The molecule has 118 valence electrons. The Hall–Kier alpha value is -2.67. The second kappa shape index (κ2) is 6.21. The van der Waals surface area contributed by atoms with Crippen LogP contribution in [0.5, 0.6) is 0 Å². The molecule has 1 aliphatic heterocycles. The lowest BCUT2D eigenvalue weighted by Gasteiger charge is -2.19. The Morgan fingerprint density at radius 1 is 1.43 bits per heavy atom. The Morgan fingerprint density at radius 3 is 2.96 bits per heavy atom. The van der Waals surface area contributed by atoms with E-state index in [4.69, 9.17) is 11.6 Å². The molecule has 8 heteroatoms. The standard InChI is InChI=1S/C15H13ClFN5O/c1-10-8-13(19-15(23)21-7-3-6-18-9-21)22(20-10)14-11(16)4-2-5-12(14)17/h2-8H,9H2,1H3,(H,19,23). The molecule has 23 heavy (non-hydrogen) atoms. The average Bonchev–Trinajstić information content (AvgIpc) is 2.88. The van der Waals surface area contributed by atoms with Gasteiger partial charge in [-0.25, -0.2) is 13.9 Å². The number of carbonyl (C=O) groups is 1. The number of carbonyl (C=O) groups excluding carboxylic acids is 1. The number of urea groups is 1. The van der Waals surface area contributed by atoms with Gasteiger partial charge in [0.2, 0.25) is 0 Å². The van der Waals surface area contributed by atoms with Gasteiger partial charge >= 0.3 is 6.03 Å². The fraction of sp³-hybridized carbons (Fsp3) is 0.133. The van der Waals surface area contributed by atoms with Crippen molar-refractivity contribution < 1.29 is 9.18 Å². The molecule has 0 fully saturated rings. The first kappa shape index (κ1) is 15.2. The van der Waals surface area contributed by atoms with Gasteiger partial charge in [-0.1, -0.05) is 17.7 Å². The fourth-order valence-corrected chi connectivity index (χ4v) is 2.39. The van der Waals surface area contributed by atoms with Crippen molar-refractivity contribution in [1.82, 2.24) is 14.7 Å². The number of hydrogen-bond acceptors (Lipinski definition) is 3. The van der Waals surface area contributed by atoms with Gasteiger partial charge in [-0.3, -0.25) is 15.2 Å². The zero-order chi connectivity index (χ0) is 16.4. The van der Waals surface area contributed by atoms with E-state index in [-0.39, 0.29) is 17.4 Å². The molecule has 1 N–H and O–H groups in total. The highest BCUT2D eigenvalue weighted by Gasteiger charge is 2.18. The highest BCUT2D eigenvalue weighted by atomic mass is 35.5. The summed E-state index contributed by atoms with van der Waals surface area (Å²) in [5, 5.41) is 7.10. The average molecular weight is 334 g/mol. The van der Waals surface area contributed by atoms with Gasteiger partial charge in [0.05, 0.1) is 10.7 Å². The first-order valence-corrected chi connectivity index (χ1v) is 7.19. The van der Waals surface area contributed by atoms with Gasteiger partial charge in [0.1, 0.15) is 24.0 Å². The van der Waals surface area contributed by atoms with Crippen LogP contribution in [0.4, 0.5) is 15.0 Å². The van der Waals surface area contributed by atoms with Crippen LogP contribution in [0, 0.1) is 12.7 Å². The third kappa shape index (κ3) is 3.09. The first-order valence-electron chi connectivity index (χ1n) is 6.81. The zero-order valence-electron chi connectivity index (χ0n) is 12.2. The minimum atomic E-state index is -0.529. The second-order valence-corrected chi connectivity index (χ2v) is 5.27. The van der Waals surface area contributed by atoms with E-state index in [1.807, 2.05) is 0 Å². The predicted molar refractivity (Wildman–Crippen MR) is 86.6 cm³/mol. The number of nitrogens with one attached hydrogen (secondary N) is 1. The van der Waals surface area contributed by atoms with Crippen LogP contribution < -0.4 is 5.32 Å². The highest BCUT2D eigenvalue weighted by molar-refractivity contribution is 6.32. The summed E-state index contributed by atoms with van der Waals surface area (Å²) in [4.78, 5) is 17.6. The molecule has 0 unspecified atom stereocenters. The number of aliphatic imine (C=N–C) groups is 1. The highest BCUT2D eigenvalue weighted by Crippen LogP contribution is 2.27.